The van der Waals surface area contributed by atoms with E-state index in [0.717, 1.165) is 24.8 Å². The molecular weight excluding hydrogens is 196 g/mol. The van der Waals surface area contributed by atoms with Gasteiger partial charge in [0.1, 0.15) is 0 Å². The molecule has 0 radical (unpaired) electrons. The average molecular weight is 212 g/mol. The van der Waals surface area contributed by atoms with Crippen LogP contribution in [0.3, 0.4) is 0 Å². The van der Waals surface area contributed by atoms with Gasteiger partial charge in [-0.3, -0.25) is 0 Å². The molecule has 0 atom stereocenters. The van der Waals surface area contributed by atoms with Gasteiger partial charge in [0.15, 0.2) is 0 Å². The van der Waals surface area contributed by atoms with E-state index >= 15 is 0 Å². The summed E-state index contributed by atoms with van der Waals surface area (Å²) in [6.07, 6.45) is 3.03. The van der Waals surface area contributed by atoms with Crippen LogP contribution in [0.1, 0.15) is 41.1 Å². The minimum atomic E-state index is -0.204. The lowest BCUT2D eigenvalue weighted by Crippen LogP contribution is -2.04. The molecule has 0 unspecified atom stereocenters. The fourth-order valence-electron chi connectivity index (χ4n) is 1.52. The first-order valence-corrected chi connectivity index (χ1v) is 5.80. The number of hydrogen-bond acceptors (Lipinski definition) is 3. The molecule has 0 saturated heterocycles. The zero-order chi connectivity index (χ0) is 10.6. The number of methoxy groups -OCH3 is 1. The quantitative estimate of drug-likeness (QED) is 0.717. The summed E-state index contributed by atoms with van der Waals surface area (Å²) in [4.78, 5) is 12.7. The van der Waals surface area contributed by atoms with Crippen LogP contribution in [0.25, 0.3) is 0 Å². The molecule has 14 heavy (non-hydrogen) atoms. The summed E-state index contributed by atoms with van der Waals surface area (Å²) in [5, 5.41) is 1.91. The molecular formula is C11H16O2S. The van der Waals surface area contributed by atoms with E-state index in [4.69, 9.17) is 4.74 Å². The van der Waals surface area contributed by atoms with Crippen LogP contribution in [-0.2, 0) is 17.6 Å². The van der Waals surface area contributed by atoms with Crippen molar-refractivity contribution < 1.29 is 9.53 Å². The molecule has 0 N–H and O–H groups in total. The van der Waals surface area contributed by atoms with Crippen LogP contribution < -0.4 is 0 Å². The van der Waals surface area contributed by atoms with Crippen molar-refractivity contribution in [3.63, 3.8) is 0 Å². The fraction of sp³-hybridized carbons (Fsp3) is 0.545. The molecule has 0 spiro atoms. The standard InChI is InChI=1S/C11H16O2S/c1-4-6-8-9(11(12)13-3)7-14-10(8)5-2/h7H,4-6H2,1-3H3. The van der Waals surface area contributed by atoms with Gasteiger partial charge in [0.2, 0.25) is 0 Å². The Balaban J connectivity index is 3.03. The molecule has 1 rings (SSSR count). The summed E-state index contributed by atoms with van der Waals surface area (Å²) in [6, 6.07) is 0. The van der Waals surface area contributed by atoms with E-state index in [-0.39, 0.29) is 5.97 Å². The molecule has 78 valence electrons. The summed E-state index contributed by atoms with van der Waals surface area (Å²) < 4.78 is 4.75. The highest BCUT2D eigenvalue weighted by molar-refractivity contribution is 7.10. The normalized spacial score (nSPS) is 10.2. The molecule has 0 saturated carbocycles. The smallest absolute Gasteiger partial charge is 0.338 e. The maximum absolute atomic E-state index is 11.4. The third-order valence-corrected chi connectivity index (χ3v) is 3.38. The van der Waals surface area contributed by atoms with Crippen LogP contribution in [0.4, 0.5) is 0 Å². The summed E-state index contributed by atoms with van der Waals surface area (Å²) in [5.41, 5.74) is 1.95. The SMILES string of the molecule is CCCc1c(C(=O)OC)csc1CC. The van der Waals surface area contributed by atoms with Crippen molar-refractivity contribution in [2.45, 2.75) is 33.1 Å². The van der Waals surface area contributed by atoms with Gasteiger partial charge in [-0.1, -0.05) is 20.3 Å². The predicted molar refractivity (Wildman–Crippen MR) is 59.0 cm³/mol. The monoisotopic (exact) mass is 212 g/mol. The zero-order valence-corrected chi connectivity index (χ0v) is 9.74. The molecule has 0 aliphatic carbocycles. The minimum absolute atomic E-state index is 0.204. The van der Waals surface area contributed by atoms with Crippen LogP contribution in [-0.4, -0.2) is 13.1 Å². The van der Waals surface area contributed by atoms with Gasteiger partial charge in [-0.15, -0.1) is 11.3 Å². The van der Waals surface area contributed by atoms with Crippen LogP contribution in [0, 0.1) is 0 Å². The van der Waals surface area contributed by atoms with E-state index in [1.165, 1.54) is 17.6 Å². The second-order valence-electron chi connectivity index (χ2n) is 3.15. The lowest BCUT2D eigenvalue weighted by atomic mass is 10.1. The first kappa shape index (κ1) is 11.2. The maximum Gasteiger partial charge on any atom is 0.338 e. The Morgan fingerprint density at radius 2 is 2.21 bits per heavy atom. The van der Waals surface area contributed by atoms with Gasteiger partial charge < -0.3 is 4.74 Å². The van der Waals surface area contributed by atoms with Crippen molar-refractivity contribution in [2.24, 2.45) is 0 Å². The van der Waals surface area contributed by atoms with Crippen molar-refractivity contribution in [1.82, 2.24) is 0 Å². The van der Waals surface area contributed by atoms with Gasteiger partial charge in [0, 0.05) is 10.3 Å². The minimum Gasteiger partial charge on any atom is -0.465 e. The number of aryl methyl sites for hydroxylation is 1. The lowest BCUT2D eigenvalue weighted by Gasteiger charge is -2.03. The molecule has 3 heteroatoms. The number of esters is 1. The largest absolute Gasteiger partial charge is 0.465 e. The van der Waals surface area contributed by atoms with E-state index in [9.17, 15) is 4.79 Å². The topological polar surface area (TPSA) is 26.3 Å². The van der Waals surface area contributed by atoms with Crippen molar-refractivity contribution in [2.75, 3.05) is 7.11 Å². The van der Waals surface area contributed by atoms with E-state index in [2.05, 4.69) is 13.8 Å². The van der Waals surface area contributed by atoms with Crippen LogP contribution in [0.15, 0.2) is 5.38 Å². The summed E-state index contributed by atoms with van der Waals surface area (Å²) in [7, 11) is 1.43. The maximum atomic E-state index is 11.4. The molecule has 1 heterocycles. The Hall–Kier alpha value is -0.830. The lowest BCUT2D eigenvalue weighted by molar-refractivity contribution is 0.0600. The number of hydrogen-bond donors (Lipinski definition) is 0. The molecule has 0 bridgehead atoms. The second-order valence-corrected chi connectivity index (χ2v) is 4.11. The van der Waals surface area contributed by atoms with Crippen molar-refractivity contribution in [1.29, 1.82) is 0 Å². The first-order chi connectivity index (χ1) is 6.74. The average Bonchev–Trinajstić information content (AvgIpc) is 2.60. The fourth-order valence-corrected chi connectivity index (χ4v) is 2.54. The Labute approximate surface area is 88.9 Å². The Morgan fingerprint density at radius 3 is 2.71 bits per heavy atom. The number of thiophene rings is 1. The molecule has 0 amide bonds. The number of rotatable bonds is 4. The third-order valence-electron chi connectivity index (χ3n) is 2.21. The van der Waals surface area contributed by atoms with E-state index < -0.39 is 0 Å². The highest BCUT2D eigenvalue weighted by Gasteiger charge is 2.16. The highest BCUT2D eigenvalue weighted by atomic mass is 32.1. The second kappa shape index (κ2) is 5.15. The van der Waals surface area contributed by atoms with Gasteiger partial charge in [0.25, 0.3) is 0 Å². The summed E-state index contributed by atoms with van der Waals surface area (Å²) >= 11 is 1.66. The zero-order valence-electron chi connectivity index (χ0n) is 8.92. The summed E-state index contributed by atoms with van der Waals surface area (Å²) in [6.45, 7) is 4.24. The Morgan fingerprint density at radius 1 is 1.50 bits per heavy atom. The predicted octanol–water partition coefficient (Wildman–Crippen LogP) is 3.05. The molecule has 2 nitrogen and oxygen atoms in total. The van der Waals surface area contributed by atoms with Gasteiger partial charge in [0.05, 0.1) is 12.7 Å². The van der Waals surface area contributed by atoms with Crippen molar-refractivity contribution in [3.05, 3.63) is 21.4 Å². The van der Waals surface area contributed by atoms with E-state index in [1.807, 2.05) is 5.38 Å². The number of carbonyl (C=O) groups is 1. The molecule has 0 aliphatic rings. The molecule has 0 aliphatic heterocycles. The molecule has 1 aromatic heterocycles. The molecule has 1 aromatic rings. The third kappa shape index (κ3) is 2.15. The van der Waals surface area contributed by atoms with Crippen LogP contribution in [0.5, 0.6) is 0 Å². The molecule has 0 fully saturated rings. The number of ether oxygens (including phenoxy) is 1. The van der Waals surface area contributed by atoms with E-state index in [0.29, 0.717) is 0 Å². The van der Waals surface area contributed by atoms with Gasteiger partial charge >= 0.3 is 5.97 Å². The van der Waals surface area contributed by atoms with Gasteiger partial charge in [-0.05, 0) is 18.4 Å². The van der Waals surface area contributed by atoms with Crippen LogP contribution >= 0.6 is 11.3 Å². The van der Waals surface area contributed by atoms with E-state index in [1.54, 1.807) is 11.3 Å². The molecule has 0 aromatic carbocycles. The first-order valence-electron chi connectivity index (χ1n) is 4.92. The highest BCUT2D eigenvalue weighted by Crippen LogP contribution is 2.25. The van der Waals surface area contributed by atoms with Gasteiger partial charge in [-0.2, -0.15) is 0 Å². The van der Waals surface area contributed by atoms with Crippen LogP contribution in [0.2, 0.25) is 0 Å². The Kier molecular flexibility index (Phi) is 4.14. The number of carbonyl (C=O) groups excluding carboxylic acids is 1. The van der Waals surface area contributed by atoms with Crippen molar-refractivity contribution in [3.8, 4) is 0 Å². The van der Waals surface area contributed by atoms with Crippen molar-refractivity contribution >= 4 is 17.3 Å². The van der Waals surface area contributed by atoms with Gasteiger partial charge in [-0.25, -0.2) is 4.79 Å². The summed E-state index contributed by atoms with van der Waals surface area (Å²) in [5.74, 6) is -0.204. The Bertz CT molecular complexity index is 315.